The van der Waals surface area contributed by atoms with Crippen LogP contribution in [0.3, 0.4) is 0 Å². The number of hydrogen-bond donors (Lipinski definition) is 0. The molecule has 1 fully saturated rings. The van der Waals surface area contributed by atoms with Gasteiger partial charge in [-0.15, -0.1) is 0 Å². The van der Waals surface area contributed by atoms with Crippen LogP contribution >= 0.6 is 15.9 Å². The maximum absolute atomic E-state index is 3.87. The molecule has 1 heteroatoms. The summed E-state index contributed by atoms with van der Waals surface area (Å²) in [5.41, 5.74) is 0. The molecule has 0 N–H and O–H groups in total. The van der Waals surface area contributed by atoms with Crippen molar-refractivity contribution >= 4 is 15.9 Å². The molecule has 84 valence electrons. The second-order valence-corrected chi connectivity index (χ2v) is 6.29. The van der Waals surface area contributed by atoms with E-state index in [-0.39, 0.29) is 0 Å². The molecule has 0 aromatic carbocycles. The zero-order valence-electron chi connectivity index (χ0n) is 9.93. The monoisotopic (exact) mass is 260 g/mol. The summed E-state index contributed by atoms with van der Waals surface area (Å²) < 4.78 is 0. The first-order valence-corrected chi connectivity index (χ1v) is 7.22. The molecule has 0 spiro atoms. The quantitative estimate of drug-likeness (QED) is 0.624. The molecule has 4 atom stereocenters. The van der Waals surface area contributed by atoms with Crippen molar-refractivity contribution in [2.24, 2.45) is 17.8 Å². The van der Waals surface area contributed by atoms with E-state index >= 15 is 0 Å². The van der Waals surface area contributed by atoms with Crippen molar-refractivity contribution in [3.05, 3.63) is 0 Å². The molecule has 1 saturated carbocycles. The molecule has 0 aromatic rings. The Morgan fingerprint density at radius 2 is 2.00 bits per heavy atom. The summed E-state index contributed by atoms with van der Waals surface area (Å²) in [6.07, 6.45) is 8.48. The Kier molecular flexibility index (Phi) is 5.51. The van der Waals surface area contributed by atoms with Crippen LogP contribution in [-0.2, 0) is 0 Å². The van der Waals surface area contributed by atoms with E-state index in [9.17, 15) is 0 Å². The molecular formula is C13H25Br. The largest absolute Gasteiger partial charge is 0.0888 e. The molecule has 4 unspecified atom stereocenters. The Morgan fingerprint density at radius 3 is 2.57 bits per heavy atom. The van der Waals surface area contributed by atoms with Crippen molar-refractivity contribution in [1.29, 1.82) is 0 Å². The smallest absolute Gasteiger partial charge is 0.0174 e. The van der Waals surface area contributed by atoms with Gasteiger partial charge in [-0.05, 0) is 43.4 Å². The van der Waals surface area contributed by atoms with Crippen LogP contribution in [0.5, 0.6) is 0 Å². The standard InChI is InChI=1S/C13H25Br/c1-4-10(3)8-12-9-11(5-2)6-7-13(12)14/h10-13H,4-9H2,1-3H3. The summed E-state index contributed by atoms with van der Waals surface area (Å²) >= 11 is 3.87. The van der Waals surface area contributed by atoms with Crippen LogP contribution in [0.2, 0.25) is 0 Å². The van der Waals surface area contributed by atoms with Gasteiger partial charge in [0.15, 0.2) is 0 Å². The fourth-order valence-corrected chi connectivity index (χ4v) is 3.32. The third-order valence-corrected chi connectivity index (χ3v) is 5.18. The van der Waals surface area contributed by atoms with E-state index < -0.39 is 0 Å². The average Bonchev–Trinajstić information content (AvgIpc) is 2.21. The van der Waals surface area contributed by atoms with Crippen LogP contribution in [0.4, 0.5) is 0 Å². The molecule has 1 aliphatic carbocycles. The molecule has 0 heterocycles. The predicted molar refractivity (Wildman–Crippen MR) is 67.9 cm³/mol. The summed E-state index contributed by atoms with van der Waals surface area (Å²) in [7, 11) is 0. The van der Waals surface area contributed by atoms with Crippen LogP contribution in [-0.4, -0.2) is 4.83 Å². The highest BCUT2D eigenvalue weighted by molar-refractivity contribution is 9.09. The average molecular weight is 261 g/mol. The summed E-state index contributed by atoms with van der Waals surface area (Å²) in [6.45, 7) is 7.06. The Balaban J connectivity index is 2.40. The van der Waals surface area contributed by atoms with Crippen LogP contribution in [0.1, 0.15) is 59.3 Å². The molecule has 14 heavy (non-hydrogen) atoms. The Hall–Kier alpha value is 0.480. The number of alkyl halides is 1. The third kappa shape index (κ3) is 3.56. The first kappa shape index (κ1) is 12.5. The molecule has 0 aliphatic heterocycles. The molecule has 0 aromatic heterocycles. The van der Waals surface area contributed by atoms with Gasteiger partial charge in [-0.25, -0.2) is 0 Å². The van der Waals surface area contributed by atoms with Gasteiger partial charge in [-0.1, -0.05) is 49.5 Å². The lowest BCUT2D eigenvalue weighted by atomic mass is 9.76. The van der Waals surface area contributed by atoms with Crippen LogP contribution in [0.25, 0.3) is 0 Å². The summed E-state index contributed by atoms with van der Waals surface area (Å²) in [5.74, 6) is 2.87. The molecular weight excluding hydrogens is 236 g/mol. The van der Waals surface area contributed by atoms with Crippen molar-refractivity contribution in [2.45, 2.75) is 64.1 Å². The van der Waals surface area contributed by atoms with Crippen LogP contribution in [0.15, 0.2) is 0 Å². The van der Waals surface area contributed by atoms with Crippen LogP contribution < -0.4 is 0 Å². The number of hydrogen-bond acceptors (Lipinski definition) is 0. The lowest BCUT2D eigenvalue weighted by Crippen LogP contribution is -2.26. The minimum absolute atomic E-state index is 0.805. The van der Waals surface area contributed by atoms with Gasteiger partial charge in [0.25, 0.3) is 0 Å². The van der Waals surface area contributed by atoms with Crippen molar-refractivity contribution in [3.8, 4) is 0 Å². The topological polar surface area (TPSA) is 0 Å². The van der Waals surface area contributed by atoms with Gasteiger partial charge in [-0.2, -0.15) is 0 Å². The molecule has 0 bridgehead atoms. The van der Waals surface area contributed by atoms with Crippen LogP contribution in [0, 0.1) is 17.8 Å². The molecule has 1 aliphatic rings. The lowest BCUT2D eigenvalue weighted by molar-refractivity contribution is 0.236. The fraction of sp³-hybridized carbons (Fsp3) is 1.00. The van der Waals surface area contributed by atoms with E-state index in [0.717, 1.165) is 22.6 Å². The Labute approximate surface area is 98.0 Å². The molecule has 0 amide bonds. The third-order valence-electron chi connectivity index (χ3n) is 3.98. The van der Waals surface area contributed by atoms with E-state index in [1.54, 1.807) is 0 Å². The molecule has 0 saturated heterocycles. The number of halogens is 1. The minimum atomic E-state index is 0.805. The van der Waals surface area contributed by atoms with E-state index in [0.29, 0.717) is 0 Å². The van der Waals surface area contributed by atoms with Gasteiger partial charge in [0.05, 0.1) is 0 Å². The highest BCUT2D eigenvalue weighted by Crippen LogP contribution is 2.38. The van der Waals surface area contributed by atoms with E-state index in [4.69, 9.17) is 0 Å². The van der Waals surface area contributed by atoms with Crippen molar-refractivity contribution < 1.29 is 0 Å². The van der Waals surface area contributed by atoms with Gasteiger partial charge in [0, 0.05) is 4.83 Å². The summed E-state index contributed by atoms with van der Waals surface area (Å²) in [6, 6.07) is 0. The van der Waals surface area contributed by atoms with Crippen molar-refractivity contribution in [2.75, 3.05) is 0 Å². The fourth-order valence-electron chi connectivity index (χ4n) is 2.62. The van der Waals surface area contributed by atoms with Gasteiger partial charge >= 0.3 is 0 Å². The Morgan fingerprint density at radius 1 is 1.29 bits per heavy atom. The Bertz CT molecular complexity index is 153. The minimum Gasteiger partial charge on any atom is -0.0888 e. The van der Waals surface area contributed by atoms with Gasteiger partial charge in [0.1, 0.15) is 0 Å². The highest BCUT2D eigenvalue weighted by atomic mass is 79.9. The maximum atomic E-state index is 3.87. The molecule has 0 radical (unpaired) electrons. The van der Waals surface area contributed by atoms with E-state index in [1.165, 1.54) is 38.5 Å². The van der Waals surface area contributed by atoms with Gasteiger partial charge < -0.3 is 0 Å². The zero-order valence-corrected chi connectivity index (χ0v) is 11.5. The second-order valence-electron chi connectivity index (χ2n) is 5.11. The zero-order chi connectivity index (χ0) is 10.6. The summed E-state index contributed by atoms with van der Waals surface area (Å²) in [5, 5.41) is 0. The molecule has 0 nitrogen and oxygen atoms in total. The molecule has 1 rings (SSSR count). The van der Waals surface area contributed by atoms with E-state index in [2.05, 4.69) is 36.7 Å². The van der Waals surface area contributed by atoms with Crippen molar-refractivity contribution in [3.63, 3.8) is 0 Å². The van der Waals surface area contributed by atoms with E-state index in [1.807, 2.05) is 0 Å². The summed E-state index contributed by atoms with van der Waals surface area (Å²) in [4.78, 5) is 0.805. The van der Waals surface area contributed by atoms with Crippen molar-refractivity contribution in [1.82, 2.24) is 0 Å². The SMILES string of the molecule is CCC(C)CC1CC(CC)CCC1Br. The maximum Gasteiger partial charge on any atom is 0.0174 e. The first-order chi connectivity index (χ1) is 6.67. The predicted octanol–water partition coefficient (Wildman–Crippen LogP) is 5.01. The normalized spacial score (nSPS) is 35.6. The second kappa shape index (κ2) is 6.15. The number of rotatable bonds is 4. The lowest BCUT2D eigenvalue weighted by Gasteiger charge is -2.34. The highest BCUT2D eigenvalue weighted by Gasteiger charge is 2.28. The van der Waals surface area contributed by atoms with Gasteiger partial charge in [0.2, 0.25) is 0 Å². The van der Waals surface area contributed by atoms with Gasteiger partial charge in [-0.3, -0.25) is 0 Å². The first-order valence-electron chi connectivity index (χ1n) is 6.31.